The highest BCUT2D eigenvalue weighted by Gasteiger charge is 2.18. The van der Waals surface area contributed by atoms with E-state index in [1.807, 2.05) is 0 Å². The van der Waals surface area contributed by atoms with Crippen molar-refractivity contribution in [2.24, 2.45) is 0 Å². The number of halogens is 2. The number of unbranched alkanes of at least 4 members (excludes halogenated alkanes) is 1. The normalized spacial score (nSPS) is 14.9. The monoisotopic (exact) mass is 434 g/mol. The second-order valence-electron chi connectivity index (χ2n) is 7.37. The van der Waals surface area contributed by atoms with E-state index in [0.29, 0.717) is 18.3 Å². The highest BCUT2D eigenvalue weighted by molar-refractivity contribution is 7.99. The summed E-state index contributed by atoms with van der Waals surface area (Å²) >= 11 is 0.299. The van der Waals surface area contributed by atoms with Crippen molar-refractivity contribution in [1.29, 1.82) is 0 Å². The SMILES string of the molecule is Cc1cccc(N2CCN(CCCCNC(=O)c3cccnc3SC(F)F)CC2)c1. The molecule has 0 spiro atoms. The molecule has 0 radical (unpaired) electrons. The number of carbonyl (C=O) groups is 1. The van der Waals surface area contributed by atoms with E-state index >= 15 is 0 Å². The van der Waals surface area contributed by atoms with E-state index in [1.54, 1.807) is 6.07 Å². The molecule has 1 saturated heterocycles. The number of hydrogen-bond donors (Lipinski definition) is 1. The van der Waals surface area contributed by atoms with Gasteiger partial charge in [-0.05, 0) is 67.9 Å². The van der Waals surface area contributed by atoms with E-state index in [4.69, 9.17) is 0 Å². The number of pyridine rings is 1. The largest absolute Gasteiger partial charge is 0.369 e. The van der Waals surface area contributed by atoms with Crippen molar-refractivity contribution in [1.82, 2.24) is 15.2 Å². The maximum absolute atomic E-state index is 12.6. The molecule has 5 nitrogen and oxygen atoms in total. The number of piperazine rings is 1. The third kappa shape index (κ3) is 6.67. The molecule has 1 aliphatic heterocycles. The number of alkyl halides is 2. The van der Waals surface area contributed by atoms with Crippen molar-refractivity contribution in [3.05, 3.63) is 53.7 Å². The van der Waals surface area contributed by atoms with Crippen LogP contribution < -0.4 is 10.2 Å². The van der Waals surface area contributed by atoms with Gasteiger partial charge in [-0.15, -0.1) is 0 Å². The first kappa shape index (κ1) is 22.5. The minimum atomic E-state index is -2.60. The van der Waals surface area contributed by atoms with Crippen LogP contribution in [0.25, 0.3) is 0 Å². The van der Waals surface area contributed by atoms with Crippen LogP contribution in [0.1, 0.15) is 28.8 Å². The van der Waals surface area contributed by atoms with Crippen LogP contribution in [-0.4, -0.2) is 60.8 Å². The van der Waals surface area contributed by atoms with Crippen molar-refractivity contribution in [3.8, 4) is 0 Å². The first-order chi connectivity index (χ1) is 14.5. The third-order valence-corrected chi connectivity index (χ3v) is 5.87. The lowest BCUT2D eigenvalue weighted by molar-refractivity contribution is 0.0949. The fourth-order valence-corrected chi connectivity index (χ4v) is 4.13. The van der Waals surface area contributed by atoms with Crippen molar-refractivity contribution >= 4 is 23.4 Å². The van der Waals surface area contributed by atoms with Crippen LogP contribution in [0.3, 0.4) is 0 Å². The zero-order chi connectivity index (χ0) is 21.3. The van der Waals surface area contributed by atoms with Crippen LogP contribution in [0, 0.1) is 6.92 Å². The number of nitrogens with one attached hydrogen (secondary N) is 1. The molecule has 0 saturated carbocycles. The fourth-order valence-electron chi connectivity index (χ4n) is 3.55. The molecule has 0 atom stereocenters. The maximum Gasteiger partial charge on any atom is 0.290 e. The molecule has 1 amide bonds. The molecule has 2 heterocycles. The van der Waals surface area contributed by atoms with E-state index in [1.165, 1.54) is 23.5 Å². The zero-order valence-corrected chi connectivity index (χ0v) is 18.0. The molecule has 1 aromatic carbocycles. The Morgan fingerprint density at radius 3 is 2.70 bits per heavy atom. The number of anilines is 1. The number of benzene rings is 1. The number of rotatable bonds is 9. The summed E-state index contributed by atoms with van der Waals surface area (Å²) in [6, 6.07) is 11.7. The number of aryl methyl sites for hydroxylation is 1. The number of nitrogens with zero attached hydrogens (tertiary/aromatic N) is 3. The van der Waals surface area contributed by atoms with Gasteiger partial charge in [-0.2, -0.15) is 8.78 Å². The van der Waals surface area contributed by atoms with Crippen molar-refractivity contribution in [3.63, 3.8) is 0 Å². The third-order valence-electron chi connectivity index (χ3n) is 5.14. The molecule has 1 N–H and O–H groups in total. The lowest BCUT2D eigenvalue weighted by Gasteiger charge is -2.36. The van der Waals surface area contributed by atoms with Gasteiger partial charge in [0, 0.05) is 44.6 Å². The van der Waals surface area contributed by atoms with E-state index < -0.39 is 5.76 Å². The highest BCUT2D eigenvalue weighted by Crippen LogP contribution is 2.26. The minimum absolute atomic E-state index is 0.0662. The van der Waals surface area contributed by atoms with Crippen LogP contribution >= 0.6 is 11.8 Å². The standard InChI is InChI=1S/C22H28F2N4OS/c1-17-6-4-7-18(16-17)28-14-12-27(13-15-28)11-3-2-9-25-20(29)19-8-5-10-26-21(19)30-22(23)24/h4-8,10,16,22H,2-3,9,11-15H2,1H3,(H,25,29). The van der Waals surface area contributed by atoms with Gasteiger partial charge in [0.15, 0.2) is 0 Å². The Labute approximate surface area is 180 Å². The fraction of sp³-hybridized carbons (Fsp3) is 0.455. The Kier molecular flexibility index (Phi) is 8.45. The topological polar surface area (TPSA) is 48.5 Å². The average molecular weight is 435 g/mol. The molecule has 1 fully saturated rings. The Balaban J connectivity index is 1.34. The molecule has 2 aromatic rings. The van der Waals surface area contributed by atoms with Crippen molar-refractivity contribution in [2.45, 2.75) is 30.5 Å². The van der Waals surface area contributed by atoms with Crippen molar-refractivity contribution < 1.29 is 13.6 Å². The van der Waals surface area contributed by atoms with Gasteiger partial charge in [-0.3, -0.25) is 9.69 Å². The molecular weight excluding hydrogens is 406 g/mol. The Hall–Kier alpha value is -2.19. The van der Waals surface area contributed by atoms with Gasteiger partial charge in [-0.25, -0.2) is 4.98 Å². The van der Waals surface area contributed by atoms with Crippen LogP contribution in [0.5, 0.6) is 0 Å². The predicted octanol–water partition coefficient (Wildman–Crippen LogP) is 4.04. The average Bonchev–Trinajstić information content (AvgIpc) is 2.74. The van der Waals surface area contributed by atoms with E-state index in [2.05, 4.69) is 51.3 Å². The number of aromatic nitrogens is 1. The molecule has 30 heavy (non-hydrogen) atoms. The summed E-state index contributed by atoms with van der Waals surface area (Å²) in [5, 5.41) is 2.89. The molecular formula is C22H28F2N4OS. The number of amides is 1. The second-order valence-corrected chi connectivity index (χ2v) is 8.34. The first-order valence-corrected chi connectivity index (χ1v) is 11.1. The van der Waals surface area contributed by atoms with Gasteiger partial charge in [0.1, 0.15) is 5.03 Å². The van der Waals surface area contributed by atoms with E-state index in [9.17, 15) is 13.6 Å². The number of hydrogen-bond acceptors (Lipinski definition) is 5. The predicted molar refractivity (Wildman–Crippen MR) is 117 cm³/mol. The van der Waals surface area contributed by atoms with E-state index in [0.717, 1.165) is 45.6 Å². The molecule has 162 valence electrons. The summed E-state index contributed by atoms with van der Waals surface area (Å²) in [5.74, 6) is -2.95. The number of thioether (sulfide) groups is 1. The molecule has 0 bridgehead atoms. The van der Waals surface area contributed by atoms with Gasteiger partial charge in [-0.1, -0.05) is 12.1 Å². The van der Waals surface area contributed by atoms with Gasteiger partial charge in [0.25, 0.3) is 11.7 Å². The second kappa shape index (κ2) is 11.3. The quantitative estimate of drug-likeness (QED) is 0.477. The minimum Gasteiger partial charge on any atom is -0.369 e. The maximum atomic E-state index is 12.6. The molecule has 8 heteroatoms. The van der Waals surface area contributed by atoms with Crippen LogP contribution in [0.4, 0.5) is 14.5 Å². The molecule has 1 aliphatic rings. The van der Waals surface area contributed by atoms with Gasteiger partial charge < -0.3 is 10.2 Å². The van der Waals surface area contributed by atoms with Gasteiger partial charge in [0.05, 0.1) is 5.56 Å². The van der Waals surface area contributed by atoms with Crippen molar-refractivity contribution in [2.75, 3.05) is 44.2 Å². The van der Waals surface area contributed by atoms with Crippen LogP contribution in [0.15, 0.2) is 47.6 Å². The summed E-state index contributed by atoms with van der Waals surface area (Å²) in [6.45, 7) is 7.74. The summed E-state index contributed by atoms with van der Waals surface area (Å²) in [7, 11) is 0. The zero-order valence-electron chi connectivity index (χ0n) is 17.2. The molecule has 3 rings (SSSR count). The van der Waals surface area contributed by atoms with Crippen LogP contribution in [0.2, 0.25) is 0 Å². The Morgan fingerprint density at radius 2 is 1.97 bits per heavy atom. The van der Waals surface area contributed by atoms with E-state index in [-0.39, 0.29) is 16.5 Å². The number of carbonyl (C=O) groups excluding carboxylic acids is 1. The molecule has 0 unspecified atom stereocenters. The van der Waals surface area contributed by atoms with Crippen LogP contribution in [-0.2, 0) is 0 Å². The first-order valence-electron chi connectivity index (χ1n) is 10.2. The summed E-state index contributed by atoms with van der Waals surface area (Å²) in [4.78, 5) is 21.0. The van der Waals surface area contributed by atoms with Gasteiger partial charge >= 0.3 is 0 Å². The van der Waals surface area contributed by atoms with Gasteiger partial charge in [0.2, 0.25) is 0 Å². The molecule has 1 aromatic heterocycles. The summed E-state index contributed by atoms with van der Waals surface area (Å²) in [5.41, 5.74) is 2.77. The molecule has 0 aliphatic carbocycles. The summed E-state index contributed by atoms with van der Waals surface area (Å²) < 4.78 is 25.2. The highest BCUT2D eigenvalue weighted by atomic mass is 32.2. The Bertz CT molecular complexity index is 828. The smallest absolute Gasteiger partial charge is 0.290 e. The lowest BCUT2D eigenvalue weighted by atomic mass is 10.2. The lowest BCUT2D eigenvalue weighted by Crippen LogP contribution is -2.46. The Morgan fingerprint density at radius 1 is 1.17 bits per heavy atom. The summed E-state index contributed by atoms with van der Waals surface area (Å²) in [6.07, 6.45) is 3.25.